The fourth-order valence-electron chi connectivity index (χ4n) is 3.28. The van der Waals surface area contributed by atoms with E-state index in [4.69, 9.17) is 4.98 Å². The Morgan fingerprint density at radius 1 is 1.25 bits per heavy atom. The second-order valence-electron chi connectivity index (χ2n) is 6.35. The van der Waals surface area contributed by atoms with Crippen LogP contribution in [-0.4, -0.2) is 33.3 Å². The zero-order valence-corrected chi connectivity index (χ0v) is 14.5. The fraction of sp³-hybridized carbons (Fsp3) is 0.316. The van der Waals surface area contributed by atoms with Gasteiger partial charge in [0, 0.05) is 29.4 Å². The average Bonchev–Trinajstić information content (AvgIpc) is 3.29. The van der Waals surface area contributed by atoms with Crippen molar-refractivity contribution in [2.75, 3.05) is 13.1 Å². The van der Waals surface area contributed by atoms with E-state index in [2.05, 4.69) is 23.4 Å². The van der Waals surface area contributed by atoms with Gasteiger partial charge in [-0.05, 0) is 60.6 Å². The lowest BCUT2D eigenvalue weighted by Gasteiger charge is -2.15. The zero-order chi connectivity index (χ0) is 16.5. The van der Waals surface area contributed by atoms with E-state index in [9.17, 15) is 4.79 Å². The monoisotopic (exact) mass is 337 g/mol. The summed E-state index contributed by atoms with van der Waals surface area (Å²) in [7, 11) is 0. The average molecular weight is 337 g/mol. The molecule has 122 valence electrons. The quantitative estimate of drug-likeness (QED) is 0.730. The summed E-state index contributed by atoms with van der Waals surface area (Å²) in [5, 5.41) is 3.13. The summed E-state index contributed by atoms with van der Waals surface area (Å²) in [6, 6.07) is 8.26. The predicted octanol–water partition coefficient (Wildman–Crippen LogP) is 3.83. The first kappa shape index (κ1) is 15.3. The maximum Gasteiger partial charge on any atom is 0.226 e. The zero-order valence-electron chi connectivity index (χ0n) is 13.7. The molecule has 1 aliphatic rings. The molecular weight excluding hydrogens is 318 g/mol. The number of hydrogen-bond acceptors (Lipinski definition) is 4. The first-order chi connectivity index (χ1) is 11.7. The van der Waals surface area contributed by atoms with Crippen LogP contribution in [0.3, 0.4) is 0 Å². The van der Waals surface area contributed by atoms with Gasteiger partial charge >= 0.3 is 0 Å². The Balaban J connectivity index is 1.64. The van der Waals surface area contributed by atoms with Gasteiger partial charge in [0.05, 0.1) is 23.8 Å². The molecule has 1 fully saturated rings. The van der Waals surface area contributed by atoms with Crippen LogP contribution in [0.4, 0.5) is 0 Å². The lowest BCUT2D eigenvalue weighted by atomic mass is 10.0. The Morgan fingerprint density at radius 2 is 2.08 bits per heavy atom. The number of benzene rings is 1. The molecule has 1 aromatic carbocycles. The van der Waals surface area contributed by atoms with Crippen LogP contribution in [0.2, 0.25) is 0 Å². The number of amides is 1. The number of aryl methyl sites for hydroxylation is 1. The number of hydrogen-bond donors (Lipinski definition) is 0. The van der Waals surface area contributed by atoms with Gasteiger partial charge in [-0.2, -0.15) is 0 Å². The third kappa shape index (κ3) is 2.91. The van der Waals surface area contributed by atoms with E-state index in [1.807, 2.05) is 28.6 Å². The Labute approximate surface area is 145 Å². The summed E-state index contributed by atoms with van der Waals surface area (Å²) in [5.41, 5.74) is 5.22. The van der Waals surface area contributed by atoms with Crippen LogP contribution < -0.4 is 0 Å². The molecule has 0 atom stereocenters. The number of carbonyl (C=O) groups excluding carboxylic acids is 1. The molecule has 3 heterocycles. The van der Waals surface area contributed by atoms with E-state index in [-0.39, 0.29) is 5.91 Å². The number of rotatable bonds is 3. The van der Waals surface area contributed by atoms with E-state index < -0.39 is 0 Å². The molecule has 0 N–H and O–H groups in total. The van der Waals surface area contributed by atoms with Gasteiger partial charge in [-0.25, -0.2) is 9.36 Å². The third-order valence-electron chi connectivity index (χ3n) is 4.62. The van der Waals surface area contributed by atoms with E-state index >= 15 is 0 Å². The second-order valence-corrected chi connectivity index (χ2v) is 7.01. The van der Waals surface area contributed by atoms with E-state index in [0.29, 0.717) is 6.42 Å². The predicted molar refractivity (Wildman–Crippen MR) is 97.1 cm³/mol. The highest BCUT2D eigenvalue weighted by molar-refractivity contribution is 7.03. The fourth-order valence-corrected chi connectivity index (χ4v) is 3.81. The molecule has 0 aliphatic carbocycles. The molecule has 4 nitrogen and oxygen atoms in total. The number of nitrogens with zero attached hydrogens (tertiary/aromatic N) is 3. The molecule has 0 radical (unpaired) electrons. The Kier molecular flexibility index (Phi) is 4.02. The summed E-state index contributed by atoms with van der Waals surface area (Å²) in [6.07, 6.45) is 4.59. The molecule has 0 saturated carbocycles. The molecule has 5 heteroatoms. The van der Waals surface area contributed by atoms with Gasteiger partial charge in [-0.15, -0.1) is 0 Å². The molecular formula is C19H19N3OS. The van der Waals surface area contributed by atoms with Crippen LogP contribution >= 0.6 is 11.5 Å². The topological polar surface area (TPSA) is 46.1 Å². The summed E-state index contributed by atoms with van der Waals surface area (Å²) in [5.74, 6) is 0.235. The van der Waals surface area contributed by atoms with Crippen LogP contribution in [0.1, 0.15) is 24.0 Å². The normalized spacial score (nSPS) is 14.5. The lowest BCUT2D eigenvalue weighted by Crippen LogP contribution is -2.29. The number of pyridine rings is 1. The lowest BCUT2D eigenvalue weighted by molar-refractivity contribution is -0.129. The maximum atomic E-state index is 12.3. The molecule has 2 aromatic heterocycles. The van der Waals surface area contributed by atoms with Gasteiger partial charge in [0.25, 0.3) is 0 Å². The van der Waals surface area contributed by atoms with Crippen LogP contribution in [0.15, 0.2) is 35.8 Å². The molecule has 3 aromatic rings. The summed E-state index contributed by atoms with van der Waals surface area (Å²) in [6.45, 7) is 3.91. The number of fused-ring (bicyclic) bond motifs is 1. The standard InChI is InChI=1S/C19H19N3OS/c1-13-8-18(15-11-20-24-12-15)21-17-5-4-14(9-16(13)17)10-19(23)22-6-2-3-7-22/h4-5,8-9,11-12H,2-3,6-7,10H2,1H3. The van der Waals surface area contributed by atoms with E-state index in [1.165, 1.54) is 17.1 Å². The number of aromatic nitrogens is 2. The Bertz CT molecular complexity index is 883. The van der Waals surface area contributed by atoms with Crippen molar-refractivity contribution in [1.82, 2.24) is 14.3 Å². The van der Waals surface area contributed by atoms with Crippen LogP contribution in [0.5, 0.6) is 0 Å². The summed E-state index contributed by atoms with van der Waals surface area (Å²) >= 11 is 1.43. The van der Waals surface area contributed by atoms with Crippen molar-refractivity contribution >= 4 is 28.3 Å². The van der Waals surface area contributed by atoms with Gasteiger partial charge in [-0.3, -0.25) is 4.79 Å². The molecule has 0 spiro atoms. The number of likely N-dealkylation sites (tertiary alicyclic amines) is 1. The minimum absolute atomic E-state index is 0.235. The molecule has 4 rings (SSSR count). The SMILES string of the molecule is Cc1cc(-c2cnsc2)nc2ccc(CC(=O)N3CCCC3)cc12. The van der Waals surface area contributed by atoms with Crippen molar-refractivity contribution in [3.8, 4) is 11.3 Å². The Hall–Kier alpha value is -2.27. The van der Waals surface area contributed by atoms with Crippen LogP contribution in [0, 0.1) is 6.92 Å². The second kappa shape index (κ2) is 6.32. The largest absolute Gasteiger partial charge is 0.342 e. The Morgan fingerprint density at radius 3 is 2.83 bits per heavy atom. The minimum Gasteiger partial charge on any atom is -0.342 e. The molecule has 0 unspecified atom stereocenters. The van der Waals surface area contributed by atoms with Gasteiger partial charge < -0.3 is 4.90 Å². The van der Waals surface area contributed by atoms with E-state index in [0.717, 1.165) is 53.7 Å². The highest BCUT2D eigenvalue weighted by Gasteiger charge is 2.18. The summed E-state index contributed by atoms with van der Waals surface area (Å²) in [4.78, 5) is 19.1. The van der Waals surface area contributed by atoms with Crippen molar-refractivity contribution in [2.45, 2.75) is 26.2 Å². The number of carbonyl (C=O) groups is 1. The first-order valence-corrected chi connectivity index (χ1v) is 9.12. The van der Waals surface area contributed by atoms with Crippen molar-refractivity contribution in [2.24, 2.45) is 0 Å². The van der Waals surface area contributed by atoms with Crippen LogP contribution in [0.25, 0.3) is 22.2 Å². The van der Waals surface area contributed by atoms with Crippen molar-refractivity contribution in [3.05, 3.63) is 47.0 Å². The smallest absolute Gasteiger partial charge is 0.226 e. The van der Waals surface area contributed by atoms with Gasteiger partial charge in [0.1, 0.15) is 0 Å². The highest BCUT2D eigenvalue weighted by atomic mass is 32.1. The minimum atomic E-state index is 0.235. The van der Waals surface area contributed by atoms with Crippen molar-refractivity contribution < 1.29 is 4.79 Å². The molecule has 1 saturated heterocycles. The molecule has 24 heavy (non-hydrogen) atoms. The molecule has 1 aliphatic heterocycles. The van der Waals surface area contributed by atoms with Crippen molar-refractivity contribution in [3.63, 3.8) is 0 Å². The third-order valence-corrected chi connectivity index (χ3v) is 5.21. The summed E-state index contributed by atoms with van der Waals surface area (Å²) < 4.78 is 4.15. The molecule has 1 amide bonds. The van der Waals surface area contributed by atoms with Crippen LogP contribution in [-0.2, 0) is 11.2 Å². The van der Waals surface area contributed by atoms with Gasteiger partial charge in [-0.1, -0.05) is 6.07 Å². The first-order valence-electron chi connectivity index (χ1n) is 8.28. The molecule has 0 bridgehead atoms. The maximum absolute atomic E-state index is 12.3. The highest BCUT2D eigenvalue weighted by Crippen LogP contribution is 2.26. The van der Waals surface area contributed by atoms with Gasteiger partial charge in [0.2, 0.25) is 5.91 Å². The van der Waals surface area contributed by atoms with Gasteiger partial charge in [0.15, 0.2) is 0 Å². The van der Waals surface area contributed by atoms with E-state index in [1.54, 1.807) is 0 Å². The van der Waals surface area contributed by atoms with Crippen molar-refractivity contribution in [1.29, 1.82) is 0 Å².